The molecule has 98 valence electrons. The third-order valence-electron chi connectivity index (χ3n) is 5.44. The number of benzene rings is 1. The molecule has 3 rings (SSSR count). The Labute approximate surface area is 111 Å². The van der Waals surface area contributed by atoms with Crippen LogP contribution in [0.2, 0.25) is 0 Å². The predicted octanol–water partition coefficient (Wildman–Crippen LogP) is 3.56. The monoisotopic (exact) mass is 243 g/mol. The molecule has 0 aliphatic heterocycles. The molecule has 18 heavy (non-hydrogen) atoms. The van der Waals surface area contributed by atoms with Gasteiger partial charge in [0.2, 0.25) is 0 Å². The maximum atomic E-state index is 3.48. The van der Waals surface area contributed by atoms with Crippen LogP contribution >= 0.6 is 0 Å². The molecule has 1 N–H and O–H groups in total. The molecule has 2 fully saturated rings. The molecule has 1 heteroatoms. The lowest BCUT2D eigenvalue weighted by molar-refractivity contribution is 0.160. The maximum absolute atomic E-state index is 3.48. The minimum absolute atomic E-state index is 0.545. The van der Waals surface area contributed by atoms with Crippen LogP contribution in [0.15, 0.2) is 24.3 Å². The summed E-state index contributed by atoms with van der Waals surface area (Å²) >= 11 is 0. The number of aryl methyl sites for hydroxylation is 1. The molecule has 1 nitrogen and oxygen atoms in total. The average molecular weight is 243 g/mol. The van der Waals surface area contributed by atoms with Crippen molar-refractivity contribution in [1.82, 2.24) is 5.32 Å². The van der Waals surface area contributed by atoms with Crippen molar-refractivity contribution in [3.8, 4) is 0 Å². The lowest BCUT2D eigenvalue weighted by Gasteiger charge is -2.38. The number of hydrogen-bond donors (Lipinski definition) is 1. The Morgan fingerprint density at radius 3 is 2.72 bits per heavy atom. The Kier molecular flexibility index (Phi) is 3.19. The summed E-state index contributed by atoms with van der Waals surface area (Å²) in [5, 5.41) is 3.48. The van der Waals surface area contributed by atoms with E-state index in [1.165, 1.54) is 44.2 Å². The van der Waals surface area contributed by atoms with E-state index in [2.05, 4.69) is 43.6 Å². The standard InChI is InChI=1S/C17H25N/c1-13-5-3-4-6-15(13)11-17(12-18-2)10-14-7-8-16(17)9-14/h3-6,14,16,18H,7-12H2,1-2H3. The molecular formula is C17H25N. The summed E-state index contributed by atoms with van der Waals surface area (Å²) < 4.78 is 0. The first-order valence-corrected chi connectivity index (χ1v) is 7.43. The third-order valence-corrected chi connectivity index (χ3v) is 5.44. The largest absolute Gasteiger partial charge is 0.319 e. The van der Waals surface area contributed by atoms with Crippen LogP contribution in [0.5, 0.6) is 0 Å². The molecule has 2 saturated carbocycles. The van der Waals surface area contributed by atoms with Gasteiger partial charge in [0.25, 0.3) is 0 Å². The van der Waals surface area contributed by atoms with E-state index in [0.717, 1.165) is 11.8 Å². The normalized spacial score (nSPS) is 34.1. The van der Waals surface area contributed by atoms with Crippen LogP contribution in [0.1, 0.15) is 36.8 Å². The number of nitrogens with one attached hydrogen (secondary N) is 1. The summed E-state index contributed by atoms with van der Waals surface area (Å²) in [4.78, 5) is 0. The van der Waals surface area contributed by atoms with Gasteiger partial charge in [-0.1, -0.05) is 30.7 Å². The van der Waals surface area contributed by atoms with Crippen LogP contribution in [0.25, 0.3) is 0 Å². The number of fused-ring (bicyclic) bond motifs is 2. The van der Waals surface area contributed by atoms with Crippen LogP contribution in [0.4, 0.5) is 0 Å². The lowest BCUT2D eigenvalue weighted by atomic mass is 9.69. The zero-order valence-corrected chi connectivity index (χ0v) is 11.7. The van der Waals surface area contributed by atoms with Crippen molar-refractivity contribution in [1.29, 1.82) is 0 Å². The summed E-state index contributed by atoms with van der Waals surface area (Å²) in [5.74, 6) is 1.99. The fraction of sp³-hybridized carbons (Fsp3) is 0.647. The molecule has 0 amide bonds. The van der Waals surface area contributed by atoms with Gasteiger partial charge in [0.1, 0.15) is 0 Å². The quantitative estimate of drug-likeness (QED) is 0.852. The van der Waals surface area contributed by atoms with Gasteiger partial charge in [-0.05, 0) is 68.0 Å². The van der Waals surface area contributed by atoms with Gasteiger partial charge in [0.15, 0.2) is 0 Å². The summed E-state index contributed by atoms with van der Waals surface area (Å²) in [6.07, 6.45) is 7.18. The van der Waals surface area contributed by atoms with Crippen molar-refractivity contribution < 1.29 is 0 Å². The second kappa shape index (κ2) is 4.70. The van der Waals surface area contributed by atoms with E-state index in [1.54, 1.807) is 5.56 Å². The van der Waals surface area contributed by atoms with Gasteiger partial charge in [0, 0.05) is 6.54 Å². The van der Waals surface area contributed by atoms with E-state index >= 15 is 0 Å². The fourth-order valence-corrected chi connectivity index (χ4v) is 4.59. The highest BCUT2D eigenvalue weighted by molar-refractivity contribution is 5.27. The van der Waals surface area contributed by atoms with Gasteiger partial charge in [-0.2, -0.15) is 0 Å². The van der Waals surface area contributed by atoms with Crippen molar-refractivity contribution in [3.05, 3.63) is 35.4 Å². The van der Waals surface area contributed by atoms with Crippen LogP contribution in [0, 0.1) is 24.2 Å². The van der Waals surface area contributed by atoms with E-state index in [1.807, 2.05) is 0 Å². The number of hydrogen-bond acceptors (Lipinski definition) is 1. The average Bonchev–Trinajstić information content (AvgIpc) is 2.93. The van der Waals surface area contributed by atoms with E-state index in [9.17, 15) is 0 Å². The van der Waals surface area contributed by atoms with Gasteiger partial charge in [-0.3, -0.25) is 0 Å². The van der Waals surface area contributed by atoms with Crippen LogP contribution in [-0.4, -0.2) is 13.6 Å². The topological polar surface area (TPSA) is 12.0 Å². The zero-order valence-electron chi connectivity index (χ0n) is 11.7. The highest BCUT2D eigenvalue weighted by atomic mass is 14.8. The van der Waals surface area contributed by atoms with E-state index in [0.29, 0.717) is 5.41 Å². The van der Waals surface area contributed by atoms with Gasteiger partial charge in [-0.25, -0.2) is 0 Å². The first-order valence-electron chi connectivity index (χ1n) is 7.43. The van der Waals surface area contributed by atoms with Crippen molar-refractivity contribution in [2.24, 2.45) is 17.3 Å². The van der Waals surface area contributed by atoms with Crippen LogP contribution in [-0.2, 0) is 6.42 Å². The third kappa shape index (κ3) is 1.99. The molecule has 2 aliphatic carbocycles. The van der Waals surface area contributed by atoms with Gasteiger partial charge < -0.3 is 5.32 Å². The molecule has 1 aromatic rings. The second-order valence-electron chi connectivity index (χ2n) is 6.58. The minimum atomic E-state index is 0.545. The Bertz CT molecular complexity index is 425. The first-order chi connectivity index (χ1) is 8.73. The molecule has 1 aromatic carbocycles. The summed E-state index contributed by atoms with van der Waals surface area (Å²) in [5.41, 5.74) is 3.58. The van der Waals surface area contributed by atoms with Gasteiger partial charge in [-0.15, -0.1) is 0 Å². The van der Waals surface area contributed by atoms with Crippen molar-refractivity contribution in [2.45, 2.75) is 39.0 Å². The molecule has 0 radical (unpaired) electrons. The van der Waals surface area contributed by atoms with E-state index in [4.69, 9.17) is 0 Å². The number of rotatable bonds is 4. The Hall–Kier alpha value is -0.820. The highest BCUT2D eigenvalue weighted by Gasteiger charge is 2.50. The first kappa shape index (κ1) is 12.2. The molecule has 0 aromatic heterocycles. The van der Waals surface area contributed by atoms with Gasteiger partial charge >= 0.3 is 0 Å². The molecular weight excluding hydrogens is 218 g/mol. The molecule has 0 heterocycles. The van der Waals surface area contributed by atoms with Crippen molar-refractivity contribution >= 4 is 0 Å². The highest BCUT2D eigenvalue weighted by Crippen LogP contribution is 2.57. The van der Waals surface area contributed by atoms with Crippen LogP contribution in [0.3, 0.4) is 0 Å². The zero-order chi connectivity index (χ0) is 12.6. The van der Waals surface area contributed by atoms with Crippen molar-refractivity contribution in [3.63, 3.8) is 0 Å². The van der Waals surface area contributed by atoms with E-state index in [-0.39, 0.29) is 0 Å². The summed E-state index contributed by atoms with van der Waals surface area (Å²) in [6.45, 7) is 3.46. The Morgan fingerprint density at radius 2 is 2.11 bits per heavy atom. The molecule has 2 bridgehead atoms. The molecule has 0 saturated heterocycles. The minimum Gasteiger partial charge on any atom is -0.319 e. The lowest BCUT2D eigenvalue weighted by Crippen LogP contribution is -2.39. The smallest absolute Gasteiger partial charge is 0.00108 e. The molecule has 3 atom stereocenters. The fourth-order valence-electron chi connectivity index (χ4n) is 4.59. The molecule has 0 spiro atoms. The molecule has 2 aliphatic rings. The Balaban J connectivity index is 1.85. The van der Waals surface area contributed by atoms with Gasteiger partial charge in [0.05, 0.1) is 0 Å². The SMILES string of the molecule is CNCC1(Cc2ccccc2C)CC2CCC1C2. The summed E-state index contributed by atoms with van der Waals surface area (Å²) in [6, 6.07) is 8.95. The van der Waals surface area contributed by atoms with E-state index < -0.39 is 0 Å². The predicted molar refractivity (Wildman–Crippen MR) is 76.7 cm³/mol. The second-order valence-corrected chi connectivity index (χ2v) is 6.58. The Morgan fingerprint density at radius 1 is 1.28 bits per heavy atom. The maximum Gasteiger partial charge on any atom is 0.00108 e. The summed E-state index contributed by atoms with van der Waals surface area (Å²) in [7, 11) is 2.12. The van der Waals surface area contributed by atoms with Crippen molar-refractivity contribution in [2.75, 3.05) is 13.6 Å². The van der Waals surface area contributed by atoms with Crippen LogP contribution < -0.4 is 5.32 Å². The molecule has 3 unspecified atom stereocenters.